The minimum atomic E-state index is -0.436. The van der Waals surface area contributed by atoms with Crippen LogP contribution in [0.1, 0.15) is 35.3 Å². The van der Waals surface area contributed by atoms with Crippen LogP contribution in [0.15, 0.2) is 59.8 Å². The minimum Gasteiger partial charge on any atom is -0.399 e. The summed E-state index contributed by atoms with van der Waals surface area (Å²) >= 11 is 0. The van der Waals surface area contributed by atoms with E-state index in [2.05, 4.69) is 15.3 Å². The molecule has 0 aliphatic rings. The molecule has 2 aromatic carbocycles. The number of nitrogens with one attached hydrogen (secondary N) is 1. The van der Waals surface area contributed by atoms with Crippen LogP contribution in [0.2, 0.25) is 0 Å². The zero-order valence-electron chi connectivity index (χ0n) is 13.0. The number of carbonyl (C=O) groups is 1. The van der Waals surface area contributed by atoms with E-state index >= 15 is 0 Å². The van der Waals surface area contributed by atoms with Gasteiger partial charge in [0.1, 0.15) is 7.11 Å². The molecular weight excluding hydrogens is 276 g/mol. The Morgan fingerprint density at radius 3 is 2.32 bits per heavy atom. The van der Waals surface area contributed by atoms with Crippen LogP contribution in [0.4, 0.5) is 0 Å². The zero-order valence-corrected chi connectivity index (χ0v) is 13.0. The summed E-state index contributed by atoms with van der Waals surface area (Å²) in [5, 5.41) is 6.74. The van der Waals surface area contributed by atoms with Gasteiger partial charge in [0.15, 0.2) is 0 Å². The van der Waals surface area contributed by atoms with E-state index < -0.39 is 5.54 Å². The summed E-state index contributed by atoms with van der Waals surface area (Å²) in [5.41, 5.74) is 2.11. The van der Waals surface area contributed by atoms with Crippen LogP contribution in [0.5, 0.6) is 0 Å². The number of carbonyl (C=O) groups excluding carboxylic acids is 1. The predicted octanol–water partition coefficient (Wildman–Crippen LogP) is 3.33. The van der Waals surface area contributed by atoms with Crippen molar-refractivity contribution >= 4 is 12.1 Å². The molecule has 4 heteroatoms. The lowest BCUT2D eigenvalue weighted by atomic mass is 9.94. The Morgan fingerprint density at radius 2 is 1.73 bits per heavy atom. The van der Waals surface area contributed by atoms with Gasteiger partial charge < -0.3 is 10.2 Å². The smallest absolute Gasteiger partial charge is 0.251 e. The molecule has 0 fully saturated rings. The Morgan fingerprint density at radius 1 is 1.09 bits per heavy atom. The van der Waals surface area contributed by atoms with Gasteiger partial charge in [0.25, 0.3) is 5.91 Å². The number of oxime groups is 1. The fourth-order valence-corrected chi connectivity index (χ4v) is 2.12. The standard InChI is InChI=1S/C18H20N2O2/c1-18(2,16-7-5-4-6-8-16)20-17(21)15-11-9-14(10-12-15)13-19-22-3/h4-13H,1-3H3,(H,20,21)/b19-13+. The number of hydrogen-bond acceptors (Lipinski definition) is 3. The van der Waals surface area contributed by atoms with Crippen LogP contribution < -0.4 is 5.32 Å². The van der Waals surface area contributed by atoms with Gasteiger partial charge in [-0.15, -0.1) is 0 Å². The second-order valence-electron chi connectivity index (χ2n) is 5.48. The first-order valence-electron chi connectivity index (χ1n) is 7.07. The largest absolute Gasteiger partial charge is 0.399 e. The van der Waals surface area contributed by atoms with Gasteiger partial charge in [-0.25, -0.2) is 0 Å². The van der Waals surface area contributed by atoms with E-state index in [1.54, 1.807) is 18.3 Å². The number of amides is 1. The summed E-state index contributed by atoms with van der Waals surface area (Å²) in [6.45, 7) is 3.97. The molecule has 1 N–H and O–H groups in total. The van der Waals surface area contributed by atoms with E-state index in [9.17, 15) is 4.79 Å². The van der Waals surface area contributed by atoms with Crippen LogP contribution in [0.3, 0.4) is 0 Å². The summed E-state index contributed by atoms with van der Waals surface area (Å²) in [7, 11) is 1.49. The van der Waals surface area contributed by atoms with Crippen LogP contribution >= 0.6 is 0 Å². The molecule has 0 aliphatic carbocycles. The highest BCUT2D eigenvalue weighted by Crippen LogP contribution is 2.20. The Hall–Kier alpha value is -2.62. The molecule has 0 saturated heterocycles. The SMILES string of the molecule is CO/N=C/c1ccc(C(=O)NC(C)(C)c2ccccc2)cc1. The fraction of sp³-hybridized carbons (Fsp3) is 0.222. The first-order valence-corrected chi connectivity index (χ1v) is 7.07. The molecule has 0 bridgehead atoms. The Kier molecular flexibility index (Phi) is 4.94. The van der Waals surface area contributed by atoms with Crippen LogP contribution in [-0.2, 0) is 10.4 Å². The number of rotatable bonds is 5. The molecule has 0 spiro atoms. The summed E-state index contributed by atoms with van der Waals surface area (Å²) in [6.07, 6.45) is 1.59. The zero-order chi connectivity index (χ0) is 16.0. The van der Waals surface area contributed by atoms with Gasteiger partial charge in [0.05, 0.1) is 11.8 Å². The molecule has 2 rings (SSSR count). The van der Waals surface area contributed by atoms with E-state index in [4.69, 9.17) is 0 Å². The first-order chi connectivity index (χ1) is 10.5. The summed E-state index contributed by atoms with van der Waals surface area (Å²) in [5.74, 6) is -0.107. The fourth-order valence-electron chi connectivity index (χ4n) is 2.12. The Labute approximate surface area is 130 Å². The van der Waals surface area contributed by atoms with Gasteiger partial charge in [-0.1, -0.05) is 47.6 Å². The summed E-state index contributed by atoms with van der Waals surface area (Å²) in [4.78, 5) is 17.0. The molecule has 0 aliphatic heterocycles. The first kappa shape index (κ1) is 15.8. The lowest BCUT2D eigenvalue weighted by Crippen LogP contribution is -2.40. The lowest BCUT2D eigenvalue weighted by molar-refractivity contribution is 0.0912. The Balaban J connectivity index is 2.10. The maximum absolute atomic E-state index is 12.4. The topological polar surface area (TPSA) is 50.7 Å². The van der Waals surface area contributed by atoms with E-state index in [1.165, 1.54) is 7.11 Å². The minimum absolute atomic E-state index is 0.107. The second-order valence-corrected chi connectivity index (χ2v) is 5.48. The molecule has 22 heavy (non-hydrogen) atoms. The molecule has 1 amide bonds. The van der Waals surface area contributed by atoms with Crippen molar-refractivity contribution in [2.24, 2.45) is 5.16 Å². The Bertz CT molecular complexity index is 647. The van der Waals surface area contributed by atoms with E-state index in [1.807, 2.05) is 56.3 Å². The van der Waals surface area contributed by atoms with Crippen LogP contribution in [-0.4, -0.2) is 19.2 Å². The van der Waals surface area contributed by atoms with Crippen molar-refractivity contribution in [2.45, 2.75) is 19.4 Å². The predicted molar refractivity (Wildman–Crippen MR) is 88.0 cm³/mol. The van der Waals surface area contributed by atoms with Crippen LogP contribution in [0.25, 0.3) is 0 Å². The third-order valence-corrected chi connectivity index (χ3v) is 3.40. The van der Waals surface area contributed by atoms with E-state index in [0.29, 0.717) is 5.56 Å². The monoisotopic (exact) mass is 296 g/mol. The number of nitrogens with zero attached hydrogens (tertiary/aromatic N) is 1. The van der Waals surface area contributed by atoms with Crippen molar-refractivity contribution in [3.05, 3.63) is 71.3 Å². The maximum atomic E-state index is 12.4. The molecule has 114 valence electrons. The van der Waals surface area contributed by atoms with Crippen molar-refractivity contribution in [1.82, 2.24) is 5.32 Å². The van der Waals surface area contributed by atoms with Gasteiger partial charge in [-0.2, -0.15) is 0 Å². The summed E-state index contributed by atoms with van der Waals surface area (Å²) in [6, 6.07) is 17.1. The lowest BCUT2D eigenvalue weighted by Gasteiger charge is -2.27. The molecule has 0 atom stereocenters. The highest BCUT2D eigenvalue weighted by Gasteiger charge is 2.22. The van der Waals surface area contributed by atoms with E-state index in [-0.39, 0.29) is 5.91 Å². The third kappa shape index (κ3) is 3.95. The van der Waals surface area contributed by atoms with Gasteiger partial charge in [-0.05, 0) is 37.1 Å². The highest BCUT2D eigenvalue weighted by atomic mass is 16.6. The van der Waals surface area contributed by atoms with Crippen molar-refractivity contribution < 1.29 is 9.63 Å². The average Bonchev–Trinajstić information content (AvgIpc) is 2.54. The molecule has 2 aromatic rings. The van der Waals surface area contributed by atoms with Crippen LogP contribution in [0, 0.1) is 0 Å². The number of hydrogen-bond donors (Lipinski definition) is 1. The third-order valence-electron chi connectivity index (χ3n) is 3.40. The second kappa shape index (κ2) is 6.89. The van der Waals surface area contributed by atoms with Gasteiger partial charge in [0.2, 0.25) is 0 Å². The van der Waals surface area contributed by atoms with Crippen molar-refractivity contribution in [3.63, 3.8) is 0 Å². The quantitative estimate of drug-likeness (QED) is 0.679. The normalized spacial score (nSPS) is 11.4. The van der Waals surface area contributed by atoms with E-state index in [0.717, 1.165) is 11.1 Å². The highest BCUT2D eigenvalue weighted by molar-refractivity contribution is 5.95. The summed E-state index contributed by atoms with van der Waals surface area (Å²) < 4.78 is 0. The van der Waals surface area contributed by atoms with Gasteiger partial charge >= 0.3 is 0 Å². The molecular formula is C18H20N2O2. The molecule has 4 nitrogen and oxygen atoms in total. The molecule has 0 aromatic heterocycles. The molecule has 0 radical (unpaired) electrons. The number of benzene rings is 2. The van der Waals surface area contributed by atoms with Gasteiger partial charge in [-0.3, -0.25) is 4.79 Å². The van der Waals surface area contributed by atoms with Crippen molar-refractivity contribution in [1.29, 1.82) is 0 Å². The maximum Gasteiger partial charge on any atom is 0.251 e. The molecule has 0 saturated carbocycles. The van der Waals surface area contributed by atoms with Crippen molar-refractivity contribution in [3.8, 4) is 0 Å². The molecule has 0 heterocycles. The van der Waals surface area contributed by atoms with Crippen molar-refractivity contribution in [2.75, 3.05) is 7.11 Å². The molecule has 0 unspecified atom stereocenters. The average molecular weight is 296 g/mol. The van der Waals surface area contributed by atoms with Gasteiger partial charge in [0, 0.05) is 5.56 Å².